The summed E-state index contributed by atoms with van der Waals surface area (Å²) in [6, 6.07) is 3.21. The Hall–Kier alpha value is -1.80. The van der Waals surface area contributed by atoms with Crippen LogP contribution in [0.4, 0.5) is 5.13 Å². The van der Waals surface area contributed by atoms with E-state index in [1.165, 1.54) is 22.1 Å². The Bertz CT molecular complexity index is 625. The minimum atomic E-state index is -0.0878. The van der Waals surface area contributed by atoms with E-state index in [0.29, 0.717) is 30.4 Å². The summed E-state index contributed by atoms with van der Waals surface area (Å²) in [6.07, 6.45) is 1.95. The van der Waals surface area contributed by atoms with Crippen molar-refractivity contribution in [2.45, 2.75) is 26.3 Å². The van der Waals surface area contributed by atoms with Crippen molar-refractivity contribution in [2.75, 3.05) is 25.6 Å². The molecular weight excluding hydrogens is 290 g/mol. The molecule has 0 bridgehead atoms. The topological polar surface area (TPSA) is 81.9 Å². The molecule has 21 heavy (non-hydrogen) atoms. The van der Waals surface area contributed by atoms with Gasteiger partial charge in [-0.2, -0.15) is 5.10 Å². The fourth-order valence-electron chi connectivity index (χ4n) is 1.69. The van der Waals surface area contributed by atoms with Gasteiger partial charge in [0.1, 0.15) is 5.69 Å². The molecule has 0 aromatic carbocycles. The summed E-state index contributed by atoms with van der Waals surface area (Å²) in [5, 5.41) is 17.0. The highest BCUT2D eigenvalue weighted by Gasteiger charge is 2.09. The lowest BCUT2D eigenvalue weighted by Gasteiger charge is -2.04. The summed E-state index contributed by atoms with van der Waals surface area (Å²) < 4.78 is 6.45. The predicted molar refractivity (Wildman–Crippen MR) is 82.7 cm³/mol. The molecule has 114 valence electrons. The predicted octanol–water partition coefficient (Wildman–Crippen LogP) is 1.62. The normalized spacial score (nSPS) is 10.8. The summed E-state index contributed by atoms with van der Waals surface area (Å²) in [4.78, 5) is 11.7. The molecule has 0 unspecified atom stereocenters. The number of hydrogen-bond acceptors (Lipinski definition) is 7. The number of ether oxygens (including phenoxy) is 1. The van der Waals surface area contributed by atoms with Gasteiger partial charge in [-0.1, -0.05) is 24.7 Å². The molecule has 0 saturated carbocycles. The molecule has 2 aromatic heterocycles. The van der Waals surface area contributed by atoms with Gasteiger partial charge >= 0.3 is 0 Å². The average Bonchev–Trinajstić information content (AvgIpc) is 2.95. The van der Waals surface area contributed by atoms with Gasteiger partial charge in [-0.15, -0.1) is 10.2 Å². The molecule has 0 aliphatic heterocycles. The van der Waals surface area contributed by atoms with E-state index >= 15 is 0 Å². The summed E-state index contributed by atoms with van der Waals surface area (Å²) in [5.74, 6) is 0. The molecular formula is C13H19N5O2S. The lowest BCUT2D eigenvalue weighted by molar-refractivity contribution is 0.211. The molecule has 0 atom stereocenters. The van der Waals surface area contributed by atoms with Crippen LogP contribution in [0.2, 0.25) is 0 Å². The Morgan fingerprint density at radius 2 is 2.24 bits per heavy atom. The Morgan fingerprint density at radius 3 is 3.00 bits per heavy atom. The van der Waals surface area contributed by atoms with Gasteiger partial charge in [0.15, 0.2) is 5.01 Å². The van der Waals surface area contributed by atoms with Crippen LogP contribution in [-0.4, -0.2) is 40.2 Å². The summed E-state index contributed by atoms with van der Waals surface area (Å²) >= 11 is 1.41. The van der Waals surface area contributed by atoms with Crippen LogP contribution in [0, 0.1) is 0 Å². The standard InChI is InChI=1S/C13H19N5O2S/c1-3-4-8-18-11(19)6-5-10(17-18)12-15-16-13(21-12)14-7-9-20-2/h5-6H,3-4,7-9H2,1-2H3,(H,14,16). The summed E-state index contributed by atoms with van der Waals surface area (Å²) in [6.45, 7) is 3.99. The second kappa shape index (κ2) is 7.84. The molecule has 0 spiro atoms. The number of rotatable bonds is 8. The van der Waals surface area contributed by atoms with Crippen molar-refractivity contribution in [3.63, 3.8) is 0 Å². The Morgan fingerprint density at radius 1 is 1.38 bits per heavy atom. The van der Waals surface area contributed by atoms with Crippen molar-refractivity contribution in [1.29, 1.82) is 0 Å². The zero-order valence-electron chi connectivity index (χ0n) is 12.2. The summed E-state index contributed by atoms with van der Waals surface area (Å²) in [7, 11) is 1.65. The van der Waals surface area contributed by atoms with Crippen LogP contribution < -0.4 is 10.9 Å². The lowest BCUT2D eigenvalue weighted by atomic mass is 10.3. The molecule has 0 amide bonds. The number of hydrogen-bond donors (Lipinski definition) is 1. The zero-order valence-corrected chi connectivity index (χ0v) is 13.0. The van der Waals surface area contributed by atoms with E-state index in [1.54, 1.807) is 13.2 Å². The fourth-order valence-corrected chi connectivity index (χ4v) is 2.42. The smallest absolute Gasteiger partial charge is 0.266 e. The van der Waals surface area contributed by atoms with Crippen LogP contribution in [0.15, 0.2) is 16.9 Å². The minimum Gasteiger partial charge on any atom is -0.383 e. The lowest BCUT2D eigenvalue weighted by Crippen LogP contribution is -2.22. The van der Waals surface area contributed by atoms with Crippen molar-refractivity contribution in [3.05, 3.63) is 22.5 Å². The van der Waals surface area contributed by atoms with Crippen molar-refractivity contribution < 1.29 is 4.74 Å². The first-order valence-corrected chi connectivity index (χ1v) is 7.71. The number of unbranched alkanes of at least 4 members (excludes halogenated alkanes) is 1. The zero-order chi connectivity index (χ0) is 15.1. The second-order valence-electron chi connectivity index (χ2n) is 4.47. The van der Waals surface area contributed by atoms with Gasteiger partial charge in [-0.25, -0.2) is 4.68 Å². The highest BCUT2D eigenvalue weighted by Crippen LogP contribution is 2.23. The van der Waals surface area contributed by atoms with E-state index in [0.717, 1.165) is 18.0 Å². The van der Waals surface area contributed by atoms with E-state index in [-0.39, 0.29) is 5.56 Å². The molecule has 0 fully saturated rings. The van der Waals surface area contributed by atoms with Gasteiger partial charge in [0.25, 0.3) is 5.56 Å². The van der Waals surface area contributed by atoms with Crippen LogP contribution in [0.1, 0.15) is 19.8 Å². The number of nitrogens with one attached hydrogen (secondary N) is 1. The van der Waals surface area contributed by atoms with Crippen LogP contribution in [0.5, 0.6) is 0 Å². The van der Waals surface area contributed by atoms with Gasteiger partial charge in [-0.3, -0.25) is 4.79 Å². The molecule has 0 radical (unpaired) electrons. The highest BCUT2D eigenvalue weighted by molar-refractivity contribution is 7.18. The van der Waals surface area contributed by atoms with Gasteiger partial charge < -0.3 is 10.1 Å². The first-order chi connectivity index (χ1) is 10.2. The van der Waals surface area contributed by atoms with Gasteiger partial charge in [0, 0.05) is 26.3 Å². The van der Waals surface area contributed by atoms with Gasteiger partial charge in [-0.05, 0) is 12.5 Å². The first kappa shape index (κ1) is 15.6. The number of methoxy groups -OCH3 is 1. The van der Waals surface area contributed by atoms with Crippen LogP contribution >= 0.6 is 11.3 Å². The molecule has 7 nitrogen and oxygen atoms in total. The van der Waals surface area contributed by atoms with E-state index in [2.05, 4.69) is 27.5 Å². The van der Waals surface area contributed by atoms with Crippen molar-refractivity contribution in [3.8, 4) is 10.7 Å². The van der Waals surface area contributed by atoms with E-state index in [4.69, 9.17) is 4.74 Å². The second-order valence-corrected chi connectivity index (χ2v) is 5.44. The maximum Gasteiger partial charge on any atom is 0.266 e. The molecule has 0 aliphatic rings. The van der Waals surface area contributed by atoms with E-state index in [1.807, 2.05) is 0 Å². The third kappa shape index (κ3) is 4.33. The minimum absolute atomic E-state index is 0.0878. The number of nitrogens with zero attached hydrogens (tertiary/aromatic N) is 4. The highest BCUT2D eigenvalue weighted by atomic mass is 32.1. The summed E-state index contributed by atoms with van der Waals surface area (Å²) in [5.41, 5.74) is 0.582. The molecule has 1 N–H and O–H groups in total. The van der Waals surface area contributed by atoms with Crippen LogP contribution in [0.3, 0.4) is 0 Å². The molecule has 0 aliphatic carbocycles. The molecule has 2 aromatic rings. The Labute approximate surface area is 127 Å². The first-order valence-electron chi connectivity index (χ1n) is 6.89. The largest absolute Gasteiger partial charge is 0.383 e. The molecule has 8 heteroatoms. The monoisotopic (exact) mass is 309 g/mol. The fraction of sp³-hybridized carbons (Fsp3) is 0.538. The third-order valence-electron chi connectivity index (χ3n) is 2.82. The Kier molecular flexibility index (Phi) is 5.82. The van der Waals surface area contributed by atoms with E-state index in [9.17, 15) is 4.79 Å². The Balaban J connectivity index is 2.12. The number of anilines is 1. The maximum atomic E-state index is 11.7. The van der Waals surface area contributed by atoms with E-state index < -0.39 is 0 Å². The number of aryl methyl sites for hydroxylation is 1. The average molecular weight is 309 g/mol. The molecule has 0 saturated heterocycles. The number of aromatic nitrogens is 4. The van der Waals surface area contributed by atoms with Crippen LogP contribution in [-0.2, 0) is 11.3 Å². The van der Waals surface area contributed by atoms with Crippen molar-refractivity contribution in [2.24, 2.45) is 0 Å². The van der Waals surface area contributed by atoms with Crippen molar-refractivity contribution >= 4 is 16.5 Å². The van der Waals surface area contributed by atoms with Gasteiger partial charge in [0.05, 0.1) is 6.61 Å². The molecule has 2 heterocycles. The third-order valence-corrected chi connectivity index (χ3v) is 3.72. The quantitative estimate of drug-likeness (QED) is 0.746. The van der Waals surface area contributed by atoms with Crippen LogP contribution in [0.25, 0.3) is 10.7 Å². The van der Waals surface area contributed by atoms with Gasteiger partial charge in [0.2, 0.25) is 5.13 Å². The SMILES string of the molecule is CCCCn1nc(-c2nnc(NCCOC)s2)ccc1=O. The molecule has 2 rings (SSSR count). The maximum absolute atomic E-state index is 11.7. The van der Waals surface area contributed by atoms with Crippen molar-refractivity contribution in [1.82, 2.24) is 20.0 Å².